The van der Waals surface area contributed by atoms with Crippen molar-refractivity contribution in [2.75, 3.05) is 0 Å². The third-order valence-electron chi connectivity index (χ3n) is 2.70. The van der Waals surface area contributed by atoms with E-state index in [-0.39, 0.29) is 0 Å². The van der Waals surface area contributed by atoms with Gasteiger partial charge in [-0.1, -0.05) is 19.1 Å². The van der Waals surface area contributed by atoms with Crippen LogP contribution in [0, 0.1) is 0 Å². The number of nitrogens with two attached hydrogens (primary N) is 1. The first-order valence-corrected chi connectivity index (χ1v) is 5.19. The number of fused-ring (bicyclic) bond motifs is 1. The second-order valence-corrected chi connectivity index (χ2v) is 3.73. The van der Waals surface area contributed by atoms with Gasteiger partial charge in [0.25, 0.3) is 0 Å². The molecule has 0 heterocycles. The summed E-state index contributed by atoms with van der Waals surface area (Å²) in [4.78, 5) is 0. The lowest BCUT2D eigenvalue weighted by Gasteiger charge is -2.06. The molecule has 0 aliphatic rings. The lowest BCUT2D eigenvalue weighted by molar-refractivity contribution is 0.481. The van der Waals surface area contributed by atoms with Crippen LogP contribution in [0.1, 0.15) is 18.1 Å². The van der Waals surface area contributed by atoms with Crippen molar-refractivity contribution >= 4 is 10.8 Å². The van der Waals surface area contributed by atoms with Crippen LogP contribution in [0.15, 0.2) is 30.3 Å². The maximum atomic E-state index is 9.85. The third-order valence-corrected chi connectivity index (χ3v) is 2.70. The van der Waals surface area contributed by atoms with Crippen LogP contribution in [-0.4, -0.2) is 5.11 Å². The van der Waals surface area contributed by atoms with Crippen LogP contribution in [-0.2, 0) is 13.0 Å². The van der Waals surface area contributed by atoms with E-state index in [9.17, 15) is 5.11 Å². The van der Waals surface area contributed by atoms with E-state index in [2.05, 4.69) is 13.0 Å². The molecular formula is C13H15NO. The van der Waals surface area contributed by atoms with Crippen LogP contribution >= 0.6 is 0 Å². The zero-order chi connectivity index (χ0) is 10.8. The molecule has 0 saturated heterocycles. The Morgan fingerprint density at radius 1 is 1.13 bits per heavy atom. The van der Waals surface area contributed by atoms with Crippen molar-refractivity contribution in [3.63, 3.8) is 0 Å². The Hall–Kier alpha value is -1.54. The molecule has 2 aromatic rings. The Labute approximate surface area is 89.3 Å². The summed E-state index contributed by atoms with van der Waals surface area (Å²) < 4.78 is 0. The summed E-state index contributed by atoms with van der Waals surface area (Å²) in [5.41, 5.74) is 7.75. The molecule has 0 aromatic heterocycles. The van der Waals surface area contributed by atoms with Crippen molar-refractivity contribution in [3.8, 4) is 5.75 Å². The van der Waals surface area contributed by atoms with E-state index in [1.807, 2.05) is 18.2 Å². The van der Waals surface area contributed by atoms with Gasteiger partial charge < -0.3 is 10.8 Å². The minimum Gasteiger partial charge on any atom is -0.507 e. The van der Waals surface area contributed by atoms with Crippen LogP contribution in [0.2, 0.25) is 0 Å². The first-order valence-electron chi connectivity index (χ1n) is 5.19. The van der Waals surface area contributed by atoms with E-state index in [1.165, 1.54) is 5.56 Å². The van der Waals surface area contributed by atoms with Crippen LogP contribution in [0.3, 0.4) is 0 Å². The van der Waals surface area contributed by atoms with Gasteiger partial charge in [-0.2, -0.15) is 0 Å². The van der Waals surface area contributed by atoms with Crippen molar-refractivity contribution in [2.24, 2.45) is 5.73 Å². The minimum atomic E-state index is 0.322. The molecule has 15 heavy (non-hydrogen) atoms. The van der Waals surface area contributed by atoms with Crippen molar-refractivity contribution in [1.29, 1.82) is 0 Å². The summed E-state index contributed by atoms with van der Waals surface area (Å²) in [5, 5.41) is 11.8. The number of aromatic hydroxyl groups is 1. The summed E-state index contributed by atoms with van der Waals surface area (Å²) in [5.74, 6) is 0.322. The average Bonchev–Trinajstić information content (AvgIpc) is 2.28. The predicted octanol–water partition coefficient (Wildman–Crippen LogP) is 2.57. The van der Waals surface area contributed by atoms with E-state index in [0.29, 0.717) is 12.3 Å². The van der Waals surface area contributed by atoms with Gasteiger partial charge in [-0.3, -0.25) is 0 Å². The summed E-state index contributed by atoms with van der Waals surface area (Å²) in [6, 6.07) is 9.91. The molecule has 0 fully saturated rings. The molecule has 0 aliphatic heterocycles. The monoisotopic (exact) mass is 201 g/mol. The quantitative estimate of drug-likeness (QED) is 0.784. The SMILES string of the molecule is CCc1ccc2cc(CN)cc(O)c2c1. The molecule has 2 aromatic carbocycles. The fourth-order valence-electron chi connectivity index (χ4n) is 1.78. The van der Waals surface area contributed by atoms with Gasteiger partial charge in [0.2, 0.25) is 0 Å². The molecule has 78 valence electrons. The fraction of sp³-hybridized carbons (Fsp3) is 0.231. The number of benzene rings is 2. The van der Waals surface area contributed by atoms with Crippen LogP contribution < -0.4 is 5.73 Å². The Kier molecular flexibility index (Phi) is 2.60. The normalized spacial score (nSPS) is 10.8. The fourth-order valence-corrected chi connectivity index (χ4v) is 1.78. The van der Waals surface area contributed by atoms with Crippen LogP contribution in [0.5, 0.6) is 5.75 Å². The highest BCUT2D eigenvalue weighted by molar-refractivity contribution is 5.89. The Morgan fingerprint density at radius 2 is 1.93 bits per heavy atom. The maximum absolute atomic E-state index is 9.85. The average molecular weight is 201 g/mol. The molecule has 0 saturated carbocycles. The van der Waals surface area contributed by atoms with Crippen molar-refractivity contribution in [3.05, 3.63) is 41.5 Å². The van der Waals surface area contributed by atoms with Gasteiger partial charge in [0.05, 0.1) is 0 Å². The molecule has 0 radical (unpaired) electrons. The maximum Gasteiger partial charge on any atom is 0.123 e. The highest BCUT2D eigenvalue weighted by atomic mass is 16.3. The largest absolute Gasteiger partial charge is 0.507 e. The van der Waals surface area contributed by atoms with E-state index >= 15 is 0 Å². The Bertz CT molecular complexity index is 491. The number of rotatable bonds is 2. The number of hydrogen-bond acceptors (Lipinski definition) is 2. The number of hydrogen-bond donors (Lipinski definition) is 2. The molecule has 0 bridgehead atoms. The van der Waals surface area contributed by atoms with Gasteiger partial charge >= 0.3 is 0 Å². The number of phenolic OH excluding ortho intramolecular Hbond substituents is 1. The molecule has 2 nitrogen and oxygen atoms in total. The first-order chi connectivity index (χ1) is 7.24. The molecule has 0 amide bonds. The second kappa shape index (κ2) is 3.91. The van der Waals surface area contributed by atoms with Gasteiger partial charge in [0, 0.05) is 11.9 Å². The lowest BCUT2D eigenvalue weighted by atomic mass is 10.0. The van der Waals surface area contributed by atoms with Gasteiger partial charge in [0.15, 0.2) is 0 Å². The van der Waals surface area contributed by atoms with Gasteiger partial charge in [-0.05, 0) is 41.1 Å². The molecule has 2 rings (SSSR count). The summed E-state index contributed by atoms with van der Waals surface area (Å²) in [7, 11) is 0. The van der Waals surface area contributed by atoms with E-state index < -0.39 is 0 Å². The molecule has 0 aliphatic carbocycles. The lowest BCUT2D eigenvalue weighted by Crippen LogP contribution is -1.95. The van der Waals surface area contributed by atoms with Gasteiger partial charge in [-0.25, -0.2) is 0 Å². The van der Waals surface area contributed by atoms with Gasteiger partial charge in [0.1, 0.15) is 5.75 Å². The van der Waals surface area contributed by atoms with E-state index in [4.69, 9.17) is 5.73 Å². The highest BCUT2D eigenvalue weighted by Crippen LogP contribution is 2.27. The first kappa shape index (κ1) is 9.99. The molecule has 3 N–H and O–H groups in total. The summed E-state index contributed by atoms with van der Waals surface area (Å²) >= 11 is 0. The standard InChI is InChI=1S/C13H15NO/c1-2-9-3-4-11-5-10(8-14)7-13(15)12(11)6-9/h3-7,15H,2,8,14H2,1H3. The molecule has 0 unspecified atom stereocenters. The summed E-state index contributed by atoms with van der Waals surface area (Å²) in [6.45, 7) is 2.56. The van der Waals surface area contributed by atoms with E-state index in [1.54, 1.807) is 6.07 Å². The number of phenols is 1. The molecule has 0 atom stereocenters. The van der Waals surface area contributed by atoms with Crippen LogP contribution in [0.4, 0.5) is 0 Å². The topological polar surface area (TPSA) is 46.2 Å². The Balaban J connectivity index is 2.68. The smallest absolute Gasteiger partial charge is 0.123 e. The zero-order valence-corrected chi connectivity index (χ0v) is 8.83. The second-order valence-electron chi connectivity index (χ2n) is 3.73. The van der Waals surface area contributed by atoms with Crippen molar-refractivity contribution < 1.29 is 5.11 Å². The van der Waals surface area contributed by atoms with Gasteiger partial charge in [-0.15, -0.1) is 0 Å². The third kappa shape index (κ3) is 1.81. The minimum absolute atomic E-state index is 0.322. The highest BCUT2D eigenvalue weighted by Gasteiger charge is 2.02. The van der Waals surface area contributed by atoms with Crippen molar-refractivity contribution in [1.82, 2.24) is 0 Å². The zero-order valence-electron chi connectivity index (χ0n) is 8.83. The molecule has 2 heteroatoms. The molecular weight excluding hydrogens is 186 g/mol. The molecule has 0 spiro atoms. The Morgan fingerprint density at radius 3 is 2.60 bits per heavy atom. The van der Waals surface area contributed by atoms with E-state index in [0.717, 1.165) is 22.8 Å². The van der Waals surface area contributed by atoms with Crippen LogP contribution in [0.25, 0.3) is 10.8 Å². The van der Waals surface area contributed by atoms with Crippen molar-refractivity contribution in [2.45, 2.75) is 19.9 Å². The number of aryl methyl sites for hydroxylation is 1. The predicted molar refractivity (Wildman–Crippen MR) is 62.9 cm³/mol. The summed E-state index contributed by atoms with van der Waals surface area (Å²) in [6.07, 6.45) is 0.980.